The molecule has 0 bridgehead atoms. The molecule has 0 spiro atoms. The summed E-state index contributed by atoms with van der Waals surface area (Å²) in [6.45, 7) is 3.00. The summed E-state index contributed by atoms with van der Waals surface area (Å²) < 4.78 is 0. The number of benzene rings is 1. The Morgan fingerprint density at radius 2 is 1.67 bits per heavy atom. The lowest BCUT2D eigenvalue weighted by atomic mass is 10.2. The summed E-state index contributed by atoms with van der Waals surface area (Å²) in [5.74, 6) is -3.41. The molecule has 1 aromatic rings. The van der Waals surface area contributed by atoms with Gasteiger partial charge in [0.15, 0.2) is 11.5 Å². The van der Waals surface area contributed by atoms with Crippen LogP contribution in [0.4, 0.5) is 5.69 Å². The van der Waals surface area contributed by atoms with Crippen LogP contribution in [-0.4, -0.2) is 22.0 Å². The van der Waals surface area contributed by atoms with Gasteiger partial charge in [0.05, 0.1) is 5.69 Å². The molecular weight excluding hydrogens is 236 g/mol. The van der Waals surface area contributed by atoms with E-state index in [1.807, 2.05) is 6.92 Å². The predicted molar refractivity (Wildman–Crippen MR) is 63.7 cm³/mol. The molecule has 18 heavy (non-hydrogen) atoms. The first kappa shape index (κ1) is 13.6. The van der Waals surface area contributed by atoms with Gasteiger partial charge in [-0.3, -0.25) is 4.79 Å². The van der Waals surface area contributed by atoms with Crippen LogP contribution in [0.5, 0.6) is 0 Å². The van der Waals surface area contributed by atoms with Gasteiger partial charge in [0.1, 0.15) is 0 Å². The summed E-state index contributed by atoms with van der Waals surface area (Å²) in [5.41, 5.74) is 0.908. The van der Waals surface area contributed by atoms with Crippen LogP contribution in [0.2, 0.25) is 0 Å². The number of aliphatic carboxylic acids is 1. The summed E-state index contributed by atoms with van der Waals surface area (Å²) >= 11 is 0. The predicted octanol–water partition coefficient (Wildman–Crippen LogP) is 2.52. The molecule has 6 nitrogen and oxygen atoms in total. The van der Waals surface area contributed by atoms with Crippen LogP contribution in [0, 0.1) is 6.92 Å². The van der Waals surface area contributed by atoms with Gasteiger partial charge in [-0.15, -0.1) is 5.11 Å². The van der Waals surface area contributed by atoms with Gasteiger partial charge in [-0.05, 0) is 19.1 Å². The molecule has 94 valence electrons. The van der Waals surface area contributed by atoms with E-state index in [-0.39, 0.29) is 0 Å². The van der Waals surface area contributed by atoms with E-state index in [1.165, 1.54) is 0 Å². The highest BCUT2D eigenvalue weighted by Gasteiger charge is 2.16. The van der Waals surface area contributed by atoms with Crippen molar-refractivity contribution < 1.29 is 19.8 Å². The molecule has 0 aliphatic heterocycles. The SMILES string of the molecule is CC(=O)/C(N=Nc1ccc(C)cc1)=C(/O)C(=O)O. The van der Waals surface area contributed by atoms with Crippen molar-refractivity contribution in [1.82, 2.24) is 0 Å². The zero-order valence-corrected chi connectivity index (χ0v) is 9.91. The van der Waals surface area contributed by atoms with Gasteiger partial charge in [0.2, 0.25) is 5.76 Å². The fourth-order valence-electron chi connectivity index (χ4n) is 1.10. The standard InChI is InChI=1S/C12H12N2O4/c1-7-3-5-9(6-4-7)13-14-10(8(2)15)11(16)12(17)18/h3-6,16H,1-2H3,(H,17,18)/b11-10-,14-13?. The van der Waals surface area contributed by atoms with Gasteiger partial charge < -0.3 is 10.2 Å². The van der Waals surface area contributed by atoms with Gasteiger partial charge in [0.25, 0.3) is 0 Å². The smallest absolute Gasteiger partial charge is 0.373 e. The quantitative estimate of drug-likeness (QED) is 0.485. The van der Waals surface area contributed by atoms with Crippen molar-refractivity contribution in [1.29, 1.82) is 0 Å². The Hall–Kier alpha value is -2.50. The number of hydrogen-bond acceptors (Lipinski definition) is 5. The maximum atomic E-state index is 11.1. The Bertz CT molecular complexity index is 530. The lowest BCUT2D eigenvalue weighted by Crippen LogP contribution is -2.07. The van der Waals surface area contributed by atoms with Crippen molar-refractivity contribution in [3.8, 4) is 0 Å². The minimum absolute atomic E-state index is 0.456. The minimum atomic E-state index is -1.62. The Kier molecular flexibility index (Phi) is 4.31. The molecule has 0 radical (unpaired) electrons. The molecule has 0 atom stereocenters. The van der Waals surface area contributed by atoms with Crippen LogP contribution in [0.15, 0.2) is 46.0 Å². The number of azo groups is 1. The van der Waals surface area contributed by atoms with E-state index >= 15 is 0 Å². The van der Waals surface area contributed by atoms with Crippen molar-refractivity contribution in [2.24, 2.45) is 10.2 Å². The van der Waals surface area contributed by atoms with Crippen molar-refractivity contribution >= 4 is 17.4 Å². The number of hydrogen-bond donors (Lipinski definition) is 2. The summed E-state index contributed by atoms with van der Waals surface area (Å²) in [6, 6.07) is 6.91. The molecule has 0 heterocycles. The minimum Gasteiger partial charge on any atom is -0.500 e. The monoisotopic (exact) mass is 248 g/mol. The third kappa shape index (κ3) is 3.51. The highest BCUT2D eigenvalue weighted by atomic mass is 16.4. The van der Waals surface area contributed by atoms with E-state index < -0.39 is 23.2 Å². The summed E-state index contributed by atoms with van der Waals surface area (Å²) in [7, 11) is 0. The highest BCUT2D eigenvalue weighted by Crippen LogP contribution is 2.16. The number of rotatable bonds is 4. The molecule has 0 aliphatic rings. The van der Waals surface area contributed by atoms with Crippen molar-refractivity contribution in [3.63, 3.8) is 0 Å². The van der Waals surface area contributed by atoms with Crippen LogP contribution >= 0.6 is 0 Å². The maximum Gasteiger partial charge on any atom is 0.373 e. The van der Waals surface area contributed by atoms with Crippen molar-refractivity contribution in [2.75, 3.05) is 0 Å². The Morgan fingerprint density at radius 1 is 1.11 bits per heavy atom. The molecule has 0 fully saturated rings. The van der Waals surface area contributed by atoms with E-state index in [2.05, 4.69) is 10.2 Å². The number of nitrogens with zero attached hydrogens (tertiary/aromatic N) is 2. The average molecular weight is 248 g/mol. The molecule has 0 aliphatic carbocycles. The Morgan fingerprint density at radius 3 is 2.11 bits per heavy atom. The molecular formula is C12H12N2O4. The number of aryl methyl sites for hydroxylation is 1. The summed E-state index contributed by atoms with van der Waals surface area (Å²) in [6.07, 6.45) is 0. The van der Waals surface area contributed by atoms with E-state index in [4.69, 9.17) is 5.11 Å². The molecule has 0 amide bonds. The molecule has 1 rings (SSSR count). The van der Waals surface area contributed by atoms with Crippen molar-refractivity contribution in [2.45, 2.75) is 13.8 Å². The number of carboxylic acid groups (broad SMARTS) is 1. The van der Waals surface area contributed by atoms with Crippen LogP contribution in [0.1, 0.15) is 12.5 Å². The fourth-order valence-corrected chi connectivity index (χ4v) is 1.10. The second-order valence-corrected chi connectivity index (χ2v) is 3.59. The average Bonchev–Trinajstić information content (AvgIpc) is 2.31. The number of carbonyl (C=O) groups is 2. The zero-order chi connectivity index (χ0) is 13.7. The van der Waals surface area contributed by atoms with Gasteiger partial charge >= 0.3 is 5.97 Å². The Labute approximate surface area is 103 Å². The van der Waals surface area contributed by atoms with Crippen LogP contribution in [0.3, 0.4) is 0 Å². The van der Waals surface area contributed by atoms with Gasteiger partial charge in [-0.25, -0.2) is 4.79 Å². The largest absolute Gasteiger partial charge is 0.500 e. The lowest BCUT2D eigenvalue weighted by molar-refractivity contribution is -0.136. The van der Waals surface area contributed by atoms with Gasteiger partial charge in [-0.1, -0.05) is 17.7 Å². The third-order valence-corrected chi connectivity index (χ3v) is 2.06. The maximum absolute atomic E-state index is 11.1. The van der Waals surface area contributed by atoms with Crippen LogP contribution < -0.4 is 0 Å². The number of carbonyl (C=O) groups excluding carboxylic acids is 1. The van der Waals surface area contributed by atoms with Crippen LogP contribution in [-0.2, 0) is 9.59 Å². The zero-order valence-electron chi connectivity index (χ0n) is 9.91. The number of aliphatic hydroxyl groups excluding tert-OH is 1. The highest BCUT2D eigenvalue weighted by molar-refractivity contribution is 6.00. The first-order valence-corrected chi connectivity index (χ1v) is 5.07. The van der Waals surface area contributed by atoms with E-state index in [0.29, 0.717) is 5.69 Å². The topological polar surface area (TPSA) is 99.3 Å². The van der Waals surface area contributed by atoms with Crippen LogP contribution in [0.25, 0.3) is 0 Å². The first-order valence-electron chi connectivity index (χ1n) is 5.07. The number of allylic oxidation sites excluding steroid dienone is 1. The number of ketones is 1. The molecule has 1 aromatic carbocycles. The van der Waals surface area contributed by atoms with Gasteiger partial charge in [-0.2, -0.15) is 5.11 Å². The second kappa shape index (κ2) is 5.72. The lowest BCUT2D eigenvalue weighted by Gasteiger charge is -1.98. The number of Topliss-reactive ketones (excluding diaryl/α,β-unsaturated/α-hetero) is 1. The molecule has 0 saturated carbocycles. The van der Waals surface area contributed by atoms with Crippen molar-refractivity contribution in [3.05, 3.63) is 41.3 Å². The van der Waals surface area contributed by atoms with E-state index in [1.54, 1.807) is 24.3 Å². The third-order valence-electron chi connectivity index (χ3n) is 2.06. The first-order chi connectivity index (χ1) is 8.41. The second-order valence-electron chi connectivity index (χ2n) is 3.59. The van der Waals surface area contributed by atoms with E-state index in [9.17, 15) is 14.7 Å². The summed E-state index contributed by atoms with van der Waals surface area (Å²) in [5, 5.41) is 24.9. The number of aliphatic hydroxyl groups is 1. The Balaban J connectivity index is 3.06. The van der Waals surface area contributed by atoms with E-state index in [0.717, 1.165) is 12.5 Å². The molecule has 2 N–H and O–H groups in total. The molecule has 6 heteroatoms. The molecule has 0 aromatic heterocycles. The molecule has 0 unspecified atom stereocenters. The fraction of sp³-hybridized carbons (Fsp3) is 0.167. The van der Waals surface area contributed by atoms with Gasteiger partial charge in [0, 0.05) is 6.92 Å². The number of carboxylic acids is 1. The summed E-state index contributed by atoms with van der Waals surface area (Å²) in [4.78, 5) is 21.7. The normalized spacial score (nSPS) is 12.3. The molecule has 0 saturated heterocycles.